The number of nitriles is 1. The highest BCUT2D eigenvalue weighted by Gasteiger charge is 2.14. The summed E-state index contributed by atoms with van der Waals surface area (Å²) in [5.41, 5.74) is 2.47. The number of benzene rings is 1. The van der Waals surface area contributed by atoms with E-state index in [1.165, 1.54) is 0 Å². The third-order valence-electron chi connectivity index (χ3n) is 3.76. The van der Waals surface area contributed by atoms with Gasteiger partial charge >= 0.3 is 0 Å². The van der Waals surface area contributed by atoms with E-state index < -0.39 is 0 Å². The Morgan fingerprint density at radius 2 is 2.04 bits per heavy atom. The molecule has 0 fully saturated rings. The van der Waals surface area contributed by atoms with E-state index in [1.807, 2.05) is 49.4 Å². The van der Waals surface area contributed by atoms with Gasteiger partial charge < -0.3 is 9.64 Å². The number of nitrogens with zero attached hydrogens (tertiary/aromatic N) is 3. The predicted molar refractivity (Wildman–Crippen MR) is 96.5 cm³/mol. The standard InChI is InChI=1S/C20H21N3O2/c1-16(18-9-3-4-10-19(18)25-2)14-20(24)23(13-7-11-21)15-17-8-5-6-12-22-17/h3-6,8-10,12,14H,7,13,15H2,1-2H3/b16-14+. The summed E-state index contributed by atoms with van der Waals surface area (Å²) < 4.78 is 5.35. The Hall–Kier alpha value is -3.13. The Morgan fingerprint density at radius 1 is 1.28 bits per heavy atom. The number of rotatable bonds is 7. The van der Waals surface area contributed by atoms with Gasteiger partial charge in [-0.3, -0.25) is 9.78 Å². The van der Waals surface area contributed by atoms with Gasteiger partial charge in [-0.05, 0) is 30.7 Å². The Bertz CT molecular complexity index is 779. The van der Waals surface area contributed by atoms with Crippen LogP contribution in [0, 0.1) is 11.3 Å². The lowest BCUT2D eigenvalue weighted by Gasteiger charge is -2.20. The van der Waals surface area contributed by atoms with Crippen molar-refractivity contribution in [3.8, 4) is 11.8 Å². The van der Waals surface area contributed by atoms with Crippen molar-refractivity contribution in [2.45, 2.75) is 19.9 Å². The van der Waals surface area contributed by atoms with Crippen LogP contribution in [0.1, 0.15) is 24.6 Å². The van der Waals surface area contributed by atoms with Crippen molar-refractivity contribution in [1.82, 2.24) is 9.88 Å². The number of ether oxygens (including phenoxy) is 1. The van der Waals surface area contributed by atoms with Crippen molar-refractivity contribution in [2.24, 2.45) is 0 Å². The number of hydrogen-bond acceptors (Lipinski definition) is 4. The monoisotopic (exact) mass is 335 g/mol. The van der Waals surface area contributed by atoms with Gasteiger partial charge in [-0.1, -0.05) is 24.3 Å². The summed E-state index contributed by atoms with van der Waals surface area (Å²) in [5, 5.41) is 8.86. The fourth-order valence-corrected chi connectivity index (χ4v) is 2.46. The summed E-state index contributed by atoms with van der Waals surface area (Å²) in [6, 6.07) is 15.2. The molecule has 1 heterocycles. The van der Waals surface area contributed by atoms with Gasteiger partial charge in [0.1, 0.15) is 5.75 Å². The highest BCUT2D eigenvalue weighted by Crippen LogP contribution is 2.25. The van der Waals surface area contributed by atoms with Crippen LogP contribution in [0.3, 0.4) is 0 Å². The molecule has 0 atom stereocenters. The first-order valence-electron chi connectivity index (χ1n) is 8.03. The van der Waals surface area contributed by atoms with E-state index in [4.69, 9.17) is 10.00 Å². The second-order valence-electron chi connectivity index (χ2n) is 5.52. The maximum Gasteiger partial charge on any atom is 0.247 e. The summed E-state index contributed by atoms with van der Waals surface area (Å²) in [6.45, 7) is 2.61. The van der Waals surface area contributed by atoms with Crippen LogP contribution in [0.15, 0.2) is 54.7 Å². The van der Waals surface area contributed by atoms with Crippen LogP contribution in [-0.4, -0.2) is 29.4 Å². The highest BCUT2D eigenvalue weighted by molar-refractivity contribution is 5.95. The Morgan fingerprint density at radius 3 is 2.72 bits per heavy atom. The van der Waals surface area contributed by atoms with Crippen LogP contribution >= 0.6 is 0 Å². The molecule has 1 aromatic carbocycles. The maximum absolute atomic E-state index is 12.7. The fourth-order valence-electron chi connectivity index (χ4n) is 2.46. The van der Waals surface area contributed by atoms with Crippen LogP contribution in [0.5, 0.6) is 5.75 Å². The van der Waals surface area contributed by atoms with Gasteiger partial charge in [-0.2, -0.15) is 5.26 Å². The van der Waals surface area contributed by atoms with Gasteiger partial charge in [0.2, 0.25) is 5.91 Å². The number of amides is 1. The van der Waals surface area contributed by atoms with Gasteiger partial charge in [0.05, 0.1) is 31.8 Å². The number of carbonyl (C=O) groups is 1. The number of methoxy groups -OCH3 is 1. The number of hydrogen-bond donors (Lipinski definition) is 0. The molecule has 0 bridgehead atoms. The number of carbonyl (C=O) groups excluding carboxylic acids is 1. The lowest BCUT2D eigenvalue weighted by atomic mass is 10.1. The minimum absolute atomic E-state index is 0.149. The molecule has 0 N–H and O–H groups in total. The molecule has 1 aromatic heterocycles. The van der Waals surface area contributed by atoms with Crippen LogP contribution in [0.4, 0.5) is 0 Å². The van der Waals surface area contributed by atoms with Crippen LogP contribution in [0.25, 0.3) is 5.57 Å². The van der Waals surface area contributed by atoms with Crippen molar-refractivity contribution in [3.63, 3.8) is 0 Å². The number of allylic oxidation sites excluding steroid dienone is 1. The molecule has 2 aromatic rings. The summed E-state index contributed by atoms with van der Waals surface area (Å²) in [6.07, 6.45) is 3.55. The molecule has 0 aliphatic heterocycles. The normalized spacial score (nSPS) is 10.8. The molecule has 0 saturated heterocycles. The molecular weight excluding hydrogens is 314 g/mol. The number of aromatic nitrogens is 1. The minimum atomic E-state index is -0.149. The molecule has 0 aliphatic rings. The van der Waals surface area contributed by atoms with Crippen molar-refractivity contribution in [1.29, 1.82) is 5.26 Å². The summed E-state index contributed by atoms with van der Waals surface area (Å²) >= 11 is 0. The quantitative estimate of drug-likeness (QED) is 0.727. The SMILES string of the molecule is COc1ccccc1/C(C)=C/C(=O)N(CCC#N)Cc1ccccn1. The van der Waals surface area contributed by atoms with E-state index in [9.17, 15) is 4.79 Å². The zero-order chi connectivity index (χ0) is 18.1. The largest absolute Gasteiger partial charge is 0.496 e. The fraction of sp³-hybridized carbons (Fsp3) is 0.250. The van der Waals surface area contributed by atoms with Crippen molar-refractivity contribution in [2.75, 3.05) is 13.7 Å². The molecule has 5 heteroatoms. The lowest BCUT2D eigenvalue weighted by molar-refractivity contribution is -0.126. The zero-order valence-corrected chi connectivity index (χ0v) is 14.5. The Kier molecular flexibility index (Phi) is 6.73. The van der Waals surface area contributed by atoms with Gasteiger partial charge in [0.15, 0.2) is 0 Å². The first kappa shape index (κ1) is 18.2. The van der Waals surface area contributed by atoms with E-state index in [0.717, 1.165) is 22.6 Å². The summed E-state index contributed by atoms with van der Waals surface area (Å²) in [7, 11) is 1.61. The first-order chi connectivity index (χ1) is 12.2. The average molecular weight is 335 g/mol. The van der Waals surface area contributed by atoms with E-state index in [-0.39, 0.29) is 12.3 Å². The van der Waals surface area contributed by atoms with Gasteiger partial charge in [-0.25, -0.2) is 0 Å². The summed E-state index contributed by atoms with van der Waals surface area (Å²) in [5.74, 6) is 0.571. The topological polar surface area (TPSA) is 66.2 Å². The molecular formula is C20H21N3O2. The molecule has 2 rings (SSSR count). The van der Waals surface area contributed by atoms with Crippen molar-refractivity contribution >= 4 is 11.5 Å². The van der Waals surface area contributed by atoms with Gasteiger partial charge in [-0.15, -0.1) is 0 Å². The minimum Gasteiger partial charge on any atom is -0.496 e. The Balaban J connectivity index is 2.21. The van der Waals surface area contributed by atoms with Crippen LogP contribution in [-0.2, 0) is 11.3 Å². The van der Waals surface area contributed by atoms with Crippen LogP contribution < -0.4 is 4.74 Å². The molecule has 1 amide bonds. The molecule has 128 valence electrons. The third-order valence-corrected chi connectivity index (χ3v) is 3.76. The molecule has 5 nitrogen and oxygen atoms in total. The van der Waals surface area contributed by atoms with Crippen molar-refractivity contribution in [3.05, 3.63) is 66.0 Å². The van der Waals surface area contributed by atoms with E-state index >= 15 is 0 Å². The molecule has 0 saturated carbocycles. The molecule has 0 spiro atoms. The number of pyridine rings is 1. The molecule has 0 radical (unpaired) electrons. The lowest BCUT2D eigenvalue weighted by Crippen LogP contribution is -2.30. The van der Waals surface area contributed by atoms with E-state index in [1.54, 1.807) is 24.3 Å². The highest BCUT2D eigenvalue weighted by atomic mass is 16.5. The average Bonchev–Trinajstić information content (AvgIpc) is 2.65. The second kappa shape index (κ2) is 9.24. The maximum atomic E-state index is 12.7. The van der Waals surface area contributed by atoms with E-state index in [2.05, 4.69) is 11.1 Å². The smallest absolute Gasteiger partial charge is 0.247 e. The van der Waals surface area contributed by atoms with Crippen LogP contribution in [0.2, 0.25) is 0 Å². The Labute approximate surface area is 148 Å². The van der Waals surface area contributed by atoms with E-state index in [0.29, 0.717) is 13.1 Å². The number of para-hydroxylation sites is 1. The predicted octanol–water partition coefficient (Wildman–Crippen LogP) is 3.44. The molecule has 0 unspecified atom stereocenters. The van der Waals surface area contributed by atoms with Gasteiger partial charge in [0.25, 0.3) is 0 Å². The van der Waals surface area contributed by atoms with Crippen molar-refractivity contribution < 1.29 is 9.53 Å². The second-order valence-corrected chi connectivity index (χ2v) is 5.52. The zero-order valence-electron chi connectivity index (χ0n) is 14.5. The van der Waals surface area contributed by atoms with Gasteiger partial charge in [0, 0.05) is 24.4 Å². The summed E-state index contributed by atoms with van der Waals surface area (Å²) in [4.78, 5) is 18.6. The third kappa shape index (κ3) is 5.18. The molecule has 25 heavy (non-hydrogen) atoms. The molecule has 0 aliphatic carbocycles. The first-order valence-corrected chi connectivity index (χ1v) is 8.03.